The first kappa shape index (κ1) is 24.7. The Kier molecular flexibility index (Phi) is 8.99. The fourth-order valence-electron chi connectivity index (χ4n) is 3.54. The summed E-state index contributed by atoms with van der Waals surface area (Å²) in [6, 6.07) is 21.8. The van der Waals surface area contributed by atoms with Crippen molar-refractivity contribution in [3.8, 4) is 0 Å². The van der Waals surface area contributed by atoms with Gasteiger partial charge >= 0.3 is 12.1 Å². The Hall–Kier alpha value is -3.91. The minimum absolute atomic E-state index is 0.0955. The molecule has 3 N–H and O–H groups in total. The average molecular weight is 465 g/mol. The number of fused-ring (bicyclic) bond motifs is 1. The maximum atomic E-state index is 12.5. The highest BCUT2D eigenvalue weighted by molar-refractivity contribution is 5.88. The summed E-state index contributed by atoms with van der Waals surface area (Å²) in [4.78, 5) is 36.6. The standard InChI is InChI=1S/C26H28N2O6/c1-33-25(31)23(14-20-12-7-11-19-10-5-6-13-22(19)20)28-24(30)15-21(29)16-27-26(32)34-17-18-8-3-2-4-9-18/h2-13,21,23,29H,14-17H2,1H3,(H,27,32)(H,28,30)/t21-,23+/m0/s1. The number of alkyl carbamates (subject to hydrolysis) is 1. The van der Waals surface area contributed by atoms with Gasteiger partial charge in [0.05, 0.1) is 19.6 Å². The van der Waals surface area contributed by atoms with Gasteiger partial charge in [0.2, 0.25) is 5.91 Å². The van der Waals surface area contributed by atoms with E-state index in [2.05, 4.69) is 10.6 Å². The van der Waals surface area contributed by atoms with Gasteiger partial charge in [0, 0.05) is 13.0 Å². The van der Waals surface area contributed by atoms with Crippen molar-refractivity contribution in [2.75, 3.05) is 13.7 Å². The second-order valence-electron chi connectivity index (χ2n) is 7.79. The van der Waals surface area contributed by atoms with Crippen molar-refractivity contribution < 1.29 is 29.0 Å². The third kappa shape index (κ3) is 7.31. The molecular formula is C26H28N2O6. The molecule has 0 aliphatic carbocycles. The molecule has 3 aromatic carbocycles. The van der Waals surface area contributed by atoms with Gasteiger partial charge < -0.3 is 25.2 Å². The molecule has 0 heterocycles. The summed E-state index contributed by atoms with van der Waals surface area (Å²) < 4.78 is 9.93. The molecule has 34 heavy (non-hydrogen) atoms. The van der Waals surface area contributed by atoms with Crippen LogP contribution in [0.5, 0.6) is 0 Å². The summed E-state index contributed by atoms with van der Waals surface area (Å²) in [5.41, 5.74) is 1.72. The Morgan fingerprint density at radius 1 is 0.941 bits per heavy atom. The molecule has 3 rings (SSSR count). The number of benzene rings is 3. The van der Waals surface area contributed by atoms with Gasteiger partial charge in [-0.3, -0.25) is 4.79 Å². The van der Waals surface area contributed by atoms with Crippen LogP contribution in [0.2, 0.25) is 0 Å². The molecule has 0 spiro atoms. The van der Waals surface area contributed by atoms with Crippen LogP contribution in [0.25, 0.3) is 10.8 Å². The molecule has 0 bridgehead atoms. The van der Waals surface area contributed by atoms with Crippen LogP contribution in [0.1, 0.15) is 17.5 Å². The smallest absolute Gasteiger partial charge is 0.407 e. The molecule has 0 aliphatic heterocycles. The molecule has 8 nitrogen and oxygen atoms in total. The maximum absolute atomic E-state index is 12.5. The van der Waals surface area contributed by atoms with Crippen LogP contribution in [0.4, 0.5) is 4.79 Å². The van der Waals surface area contributed by atoms with Crippen LogP contribution in [0.3, 0.4) is 0 Å². The first-order valence-corrected chi connectivity index (χ1v) is 10.9. The summed E-state index contributed by atoms with van der Waals surface area (Å²) in [5.74, 6) is -1.12. The summed E-state index contributed by atoms with van der Waals surface area (Å²) in [5, 5.41) is 17.2. The molecule has 0 aromatic heterocycles. The zero-order valence-corrected chi connectivity index (χ0v) is 18.9. The molecule has 2 atom stereocenters. The number of aliphatic hydroxyl groups excluding tert-OH is 1. The van der Waals surface area contributed by atoms with E-state index in [1.165, 1.54) is 7.11 Å². The number of hydrogen-bond acceptors (Lipinski definition) is 6. The van der Waals surface area contributed by atoms with Gasteiger partial charge in [-0.2, -0.15) is 0 Å². The Balaban J connectivity index is 1.50. The Labute approximate surface area is 197 Å². The van der Waals surface area contributed by atoms with Crippen LogP contribution < -0.4 is 10.6 Å². The number of methoxy groups -OCH3 is 1. The summed E-state index contributed by atoms with van der Waals surface area (Å²) in [6.07, 6.45) is -1.92. The van der Waals surface area contributed by atoms with E-state index in [1.54, 1.807) is 0 Å². The van der Waals surface area contributed by atoms with Gasteiger partial charge in [-0.05, 0) is 21.9 Å². The van der Waals surface area contributed by atoms with E-state index in [1.807, 2.05) is 72.8 Å². The van der Waals surface area contributed by atoms with E-state index < -0.39 is 30.1 Å². The second kappa shape index (κ2) is 12.4. The Bertz CT molecular complexity index is 1110. The number of carbonyl (C=O) groups excluding carboxylic acids is 3. The normalized spacial score (nSPS) is 12.4. The van der Waals surface area contributed by atoms with Gasteiger partial charge in [0.15, 0.2) is 0 Å². The summed E-state index contributed by atoms with van der Waals surface area (Å²) in [7, 11) is 1.25. The highest BCUT2D eigenvalue weighted by atomic mass is 16.5. The maximum Gasteiger partial charge on any atom is 0.407 e. The molecule has 0 fully saturated rings. The molecule has 2 amide bonds. The average Bonchev–Trinajstić information content (AvgIpc) is 2.86. The second-order valence-corrected chi connectivity index (χ2v) is 7.79. The van der Waals surface area contributed by atoms with E-state index in [0.717, 1.165) is 21.9 Å². The van der Waals surface area contributed by atoms with E-state index in [9.17, 15) is 19.5 Å². The number of nitrogens with one attached hydrogen (secondary N) is 2. The lowest BCUT2D eigenvalue weighted by atomic mass is 9.98. The lowest BCUT2D eigenvalue weighted by Gasteiger charge is -2.19. The lowest BCUT2D eigenvalue weighted by molar-refractivity contribution is -0.145. The van der Waals surface area contributed by atoms with Crippen LogP contribution >= 0.6 is 0 Å². The first-order chi connectivity index (χ1) is 16.5. The molecule has 0 unspecified atom stereocenters. The molecule has 0 saturated carbocycles. The number of esters is 1. The topological polar surface area (TPSA) is 114 Å². The number of rotatable bonds is 10. The van der Waals surface area contributed by atoms with E-state index >= 15 is 0 Å². The molecule has 0 aliphatic rings. The molecule has 0 radical (unpaired) electrons. The van der Waals surface area contributed by atoms with Crippen LogP contribution in [-0.2, 0) is 32.1 Å². The van der Waals surface area contributed by atoms with Gasteiger partial charge in [0.25, 0.3) is 0 Å². The Morgan fingerprint density at radius 2 is 1.65 bits per heavy atom. The monoisotopic (exact) mass is 464 g/mol. The Morgan fingerprint density at radius 3 is 2.41 bits per heavy atom. The lowest BCUT2D eigenvalue weighted by Crippen LogP contribution is -2.45. The van der Waals surface area contributed by atoms with Gasteiger partial charge in [-0.1, -0.05) is 72.8 Å². The van der Waals surface area contributed by atoms with Crippen LogP contribution in [0.15, 0.2) is 72.8 Å². The number of ether oxygens (including phenoxy) is 2. The fraction of sp³-hybridized carbons (Fsp3) is 0.269. The quantitative estimate of drug-likeness (QED) is 0.398. The highest BCUT2D eigenvalue weighted by Gasteiger charge is 2.24. The van der Waals surface area contributed by atoms with Crippen molar-refractivity contribution in [1.82, 2.24) is 10.6 Å². The van der Waals surface area contributed by atoms with Crippen molar-refractivity contribution in [2.45, 2.75) is 31.6 Å². The third-order valence-electron chi connectivity index (χ3n) is 5.24. The van der Waals surface area contributed by atoms with E-state index in [4.69, 9.17) is 9.47 Å². The predicted molar refractivity (Wildman–Crippen MR) is 127 cm³/mol. The van der Waals surface area contributed by atoms with Crippen LogP contribution in [0, 0.1) is 0 Å². The van der Waals surface area contributed by atoms with Gasteiger partial charge in [0.1, 0.15) is 12.6 Å². The van der Waals surface area contributed by atoms with Crippen molar-refractivity contribution in [3.63, 3.8) is 0 Å². The zero-order valence-electron chi connectivity index (χ0n) is 18.9. The minimum atomic E-state index is -1.15. The molecule has 3 aromatic rings. The molecular weight excluding hydrogens is 436 g/mol. The summed E-state index contributed by atoms with van der Waals surface area (Å²) >= 11 is 0. The summed E-state index contributed by atoms with van der Waals surface area (Å²) in [6.45, 7) is -0.0779. The largest absolute Gasteiger partial charge is 0.467 e. The zero-order chi connectivity index (χ0) is 24.3. The predicted octanol–water partition coefficient (Wildman–Crippen LogP) is 2.72. The minimum Gasteiger partial charge on any atom is -0.467 e. The molecule has 0 saturated heterocycles. The van der Waals surface area contributed by atoms with Crippen molar-refractivity contribution in [2.24, 2.45) is 0 Å². The SMILES string of the molecule is COC(=O)[C@@H](Cc1cccc2ccccc12)NC(=O)C[C@H](O)CNC(=O)OCc1ccccc1. The van der Waals surface area contributed by atoms with Gasteiger partial charge in [-0.25, -0.2) is 9.59 Å². The number of hydrogen-bond donors (Lipinski definition) is 3. The number of amides is 2. The highest BCUT2D eigenvalue weighted by Crippen LogP contribution is 2.20. The number of aliphatic hydroxyl groups is 1. The molecule has 178 valence electrons. The van der Waals surface area contributed by atoms with Crippen LogP contribution in [-0.4, -0.2) is 48.9 Å². The third-order valence-corrected chi connectivity index (χ3v) is 5.24. The van der Waals surface area contributed by atoms with Crippen molar-refractivity contribution >= 4 is 28.7 Å². The van der Waals surface area contributed by atoms with Crippen molar-refractivity contribution in [1.29, 1.82) is 0 Å². The fourth-order valence-corrected chi connectivity index (χ4v) is 3.54. The van der Waals surface area contributed by atoms with E-state index in [0.29, 0.717) is 0 Å². The van der Waals surface area contributed by atoms with Crippen molar-refractivity contribution in [3.05, 3.63) is 83.9 Å². The first-order valence-electron chi connectivity index (χ1n) is 10.9. The molecule has 8 heteroatoms. The van der Waals surface area contributed by atoms with Gasteiger partial charge in [-0.15, -0.1) is 0 Å². The van der Waals surface area contributed by atoms with E-state index in [-0.39, 0.29) is 26.0 Å². The number of carbonyl (C=O) groups is 3.